The molecule has 0 bridgehead atoms. The Morgan fingerprint density at radius 3 is 2.93 bits per heavy atom. The molecule has 1 N–H and O–H groups in total. The van der Waals surface area contributed by atoms with Crippen LogP contribution in [0.25, 0.3) is 0 Å². The van der Waals surface area contributed by atoms with Gasteiger partial charge >= 0.3 is 0 Å². The van der Waals surface area contributed by atoms with Gasteiger partial charge in [-0.05, 0) is 35.9 Å². The lowest BCUT2D eigenvalue weighted by Gasteiger charge is -2.23. The minimum Gasteiger partial charge on any atom is -0.365 e. The van der Waals surface area contributed by atoms with E-state index in [9.17, 15) is 4.39 Å². The van der Waals surface area contributed by atoms with Gasteiger partial charge in [-0.25, -0.2) is 9.37 Å². The predicted octanol–water partition coefficient (Wildman–Crippen LogP) is 2.58. The summed E-state index contributed by atoms with van der Waals surface area (Å²) in [6, 6.07) is 0.298. The second-order valence-corrected chi connectivity index (χ2v) is 4.93. The molecule has 1 aromatic rings. The van der Waals surface area contributed by atoms with Crippen LogP contribution in [0.4, 0.5) is 10.2 Å². The van der Waals surface area contributed by atoms with Gasteiger partial charge in [-0.1, -0.05) is 0 Å². The molecule has 2 rings (SSSR count). The first-order chi connectivity index (χ1) is 7.25. The Balaban J connectivity index is 2.05. The number of anilines is 1. The fraction of sp³-hybridized carbons (Fsp3) is 0.556. The van der Waals surface area contributed by atoms with E-state index in [1.54, 1.807) is 0 Å². The van der Waals surface area contributed by atoms with Gasteiger partial charge in [-0.2, -0.15) is 16.7 Å². The van der Waals surface area contributed by atoms with Crippen LogP contribution in [0.1, 0.15) is 12.8 Å². The lowest BCUT2D eigenvalue weighted by atomic mass is 10.1. The third kappa shape index (κ3) is 2.95. The molecule has 2 heterocycles. The van der Waals surface area contributed by atoms with Crippen molar-refractivity contribution in [3.05, 3.63) is 17.3 Å². The molecule has 0 unspecified atom stereocenters. The van der Waals surface area contributed by atoms with E-state index in [0.29, 0.717) is 6.04 Å². The summed E-state index contributed by atoms with van der Waals surface area (Å²) in [6.07, 6.45) is 3.16. The Hall–Kier alpha value is -0.550. The van der Waals surface area contributed by atoms with Crippen LogP contribution in [0.2, 0.25) is 5.28 Å². The van der Waals surface area contributed by atoms with E-state index in [2.05, 4.69) is 15.3 Å². The number of halogens is 2. The van der Waals surface area contributed by atoms with Crippen LogP contribution in [0.15, 0.2) is 6.20 Å². The topological polar surface area (TPSA) is 37.8 Å². The molecule has 0 spiro atoms. The Kier molecular flexibility index (Phi) is 3.64. The third-order valence-electron chi connectivity index (χ3n) is 2.28. The number of thioether (sulfide) groups is 1. The first-order valence-corrected chi connectivity index (χ1v) is 6.31. The van der Waals surface area contributed by atoms with Crippen LogP contribution in [-0.4, -0.2) is 27.5 Å². The van der Waals surface area contributed by atoms with Gasteiger partial charge in [0.1, 0.15) is 0 Å². The molecule has 1 aromatic heterocycles. The standard InChI is InChI=1S/C9H11ClFN3S/c10-9-12-5-7(11)8(14-9)13-6-1-3-15-4-2-6/h5-6H,1-4H2,(H,12,13,14). The van der Waals surface area contributed by atoms with E-state index in [1.807, 2.05) is 11.8 Å². The Bertz CT molecular complexity index is 344. The zero-order chi connectivity index (χ0) is 10.7. The SMILES string of the molecule is Fc1cnc(Cl)nc1NC1CCSCC1. The Labute approximate surface area is 96.8 Å². The van der Waals surface area contributed by atoms with Gasteiger partial charge in [0.25, 0.3) is 0 Å². The van der Waals surface area contributed by atoms with E-state index in [4.69, 9.17) is 11.6 Å². The minimum atomic E-state index is -0.447. The van der Waals surface area contributed by atoms with Crippen LogP contribution >= 0.6 is 23.4 Å². The van der Waals surface area contributed by atoms with Gasteiger partial charge < -0.3 is 5.32 Å². The average Bonchev–Trinajstić information content (AvgIpc) is 2.25. The number of hydrogen-bond donors (Lipinski definition) is 1. The molecular weight excluding hydrogens is 237 g/mol. The van der Waals surface area contributed by atoms with E-state index in [-0.39, 0.29) is 11.1 Å². The summed E-state index contributed by atoms with van der Waals surface area (Å²) in [4.78, 5) is 7.40. The molecular formula is C9H11ClFN3S. The second-order valence-electron chi connectivity index (χ2n) is 3.37. The maximum absolute atomic E-state index is 13.3. The fourth-order valence-electron chi connectivity index (χ4n) is 1.48. The van der Waals surface area contributed by atoms with Crippen molar-refractivity contribution >= 4 is 29.2 Å². The molecule has 1 aliphatic rings. The minimum absolute atomic E-state index is 0.0732. The van der Waals surface area contributed by atoms with E-state index < -0.39 is 5.82 Å². The van der Waals surface area contributed by atoms with Crippen molar-refractivity contribution in [2.45, 2.75) is 18.9 Å². The molecule has 1 aliphatic heterocycles. The first-order valence-electron chi connectivity index (χ1n) is 4.78. The molecule has 0 radical (unpaired) electrons. The maximum atomic E-state index is 13.3. The van der Waals surface area contributed by atoms with E-state index in [1.165, 1.54) is 0 Å². The third-order valence-corrected chi connectivity index (χ3v) is 3.51. The second kappa shape index (κ2) is 4.99. The summed E-state index contributed by atoms with van der Waals surface area (Å²) < 4.78 is 13.3. The summed E-state index contributed by atoms with van der Waals surface area (Å²) in [5.74, 6) is 1.99. The van der Waals surface area contributed by atoms with Gasteiger partial charge in [0, 0.05) is 6.04 Å². The number of rotatable bonds is 2. The fourth-order valence-corrected chi connectivity index (χ4v) is 2.72. The van der Waals surface area contributed by atoms with Crippen LogP contribution in [0.5, 0.6) is 0 Å². The Morgan fingerprint density at radius 1 is 1.47 bits per heavy atom. The van der Waals surface area contributed by atoms with Crippen molar-refractivity contribution < 1.29 is 4.39 Å². The van der Waals surface area contributed by atoms with E-state index >= 15 is 0 Å². The van der Waals surface area contributed by atoms with Crippen molar-refractivity contribution in [1.29, 1.82) is 0 Å². The average molecular weight is 248 g/mol. The summed E-state index contributed by atoms with van der Waals surface area (Å²) in [5.41, 5.74) is 0. The van der Waals surface area contributed by atoms with Gasteiger partial charge in [-0.3, -0.25) is 0 Å². The Morgan fingerprint density at radius 2 is 2.20 bits per heavy atom. The predicted molar refractivity (Wildman–Crippen MR) is 61.0 cm³/mol. The number of aromatic nitrogens is 2. The highest BCUT2D eigenvalue weighted by Gasteiger charge is 2.16. The molecule has 0 aromatic carbocycles. The largest absolute Gasteiger partial charge is 0.365 e. The van der Waals surface area contributed by atoms with Gasteiger partial charge in [0.05, 0.1) is 6.20 Å². The highest BCUT2D eigenvalue weighted by molar-refractivity contribution is 7.99. The molecule has 0 amide bonds. The molecule has 82 valence electrons. The van der Waals surface area contributed by atoms with Crippen molar-refractivity contribution in [1.82, 2.24) is 9.97 Å². The molecule has 1 fully saturated rings. The van der Waals surface area contributed by atoms with Crippen LogP contribution in [-0.2, 0) is 0 Å². The summed E-state index contributed by atoms with van der Waals surface area (Å²) in [5, 5.41) is 3.14. The quantitative estimate of drug-likeness (QED) is 0.816. The van der Waals surface area contributed by atoms with Gasteiger partial charge in [0.2, 0.25) is 5.28 Å². The van der Waals surface area contributed by atoms with E-state index in [0.717, 1.165) is 30.5 Å². The van der Waals surface area contributed by atoms with Crippen LogP contribution in [0.3, 0.4) is 0 Å². The lowest BCUT2D eigenvalue weighted by molar-refractivity contribution is 0.601. The number of nitrogens with zero attached hydrogens (tertiary/aromatic N) is 2. The highest BCUT2D eigenvalue weighted by atomic mass is 35.5. The van der Waals surface area contributed by atoms with Crippen molar-refractivity contribution in [3.8, 4) is 0 Å². The van der Waals surface area contributed by atoms with Gasteiger partial charge in [-0.15, -0.1) is 0 Å². The summed E-state index contributed by atoms with van der Waals surface area (Å²) in [6.45, 7) is 0. The molecule has 0 saturated carbocycles. The zero-order valence-corrected chi connectivity index (χ0v) is 9.61. The molecule has 15 heavy (non-hydrogen) atoms. The monoisotopic (exact) mass is 247 g/mol. The molecule has 3 nitrogen and oxygen atoms in total. The zero-order valence-electron chi connectivity index (χ0n) is 8.04. The lowest BCUT2D eigenvalue weighted by Crippen LogP contribution is -2.25. The maximum Gasteiger partial charge on any atom is 0.224 e. The first kappa shape index (κ1) is 11.0. The highest BCUT2D eigenvalue weighted by Crippen LogP contribution is 2.21. The van der Waals surface area contributed by atoms with Crippen LogP contribution in [0, 0.1) is 5.82 Å². The van der Waals surface area contributed by atoms with Crippen molar-refractivity contribution in [2.75, 3.05) is 16.8 Å². The molecule has 0 atom stereocenters. The summed E-state index contributed by atoms with van der Waals surface area (Å²) >= 11 is 7.53. The molecule has 6 heteroatoms. The number of hydrogen-bond acceptors (Lipinski definition) is 4. The number of nitrogens with one attached hydrogen (secondary N) is 1. The molecule has 0 aliphatic carbocycles. The normalized spacial score (nSPS) is 17.7. The smallest absolute Gasteiger partial charge is 0.224 e. The summed E-state index contributed by atoms with van der Waals surface area (Å²) in [7, 11) is 0. The molecule has 1 saturated heterocycles. The van der Waals surface area contributed by atoms with Crippen LogP contribution < -0.4 is 5.32 Å². The van der Waals surface area contributed by atoms with Crippen molar-refractivity contribution in [2.24, 2.45) is 0 Å². The van der Waals surface area contributed by atoms with Gasteiger partial charge in [0.15, 0.2) is 11.6 Å². The van der Waals surface area contributed by atoms with Crippen molar-refractivity contribution in [3.63, 3.8) is 0 Å².